The van der Waals surface area contributed by atoms with E-state index >= 15 is 0 Å². The molecule has 124 valence electrons. The zero-order valence-electron chi connectivity index (χ0n) is 13.1. The molecule has 0 spiro atoms. The van der Waals surface area contributed by atoms with Crippen molar-refractivity contribution >= 4 is 10.0 Å². The SMILES string of the molecule is CN([C@@H]1CC[C@@H](N2CCCC2)[C@@H]1O)S(=O)(=O)c1cn(C)cn1. The molecule has 22 heavy (non-hydrogen) atoms. The van der Waals surface area contributed by atoms with E-state index in [9.17, 15) is 13.5 Å². The Bertz CT molecular complexity index is 624. The van der Waals surface area contributed by atoms with Gasteiger partial charge in [0.2, 0.25) is 0 Å². The Balaban J connectivity index is 1.76. The molecule has 1 aromatic rings. The molecular weight excluding hydrogens is 304 g/mol. The highest BCUT2D eigenvalue weighted by atomic mass is 32.2. The van der Waals surface area contributed by atoms with Gasteiger partial charge in [0.25, 0.3) is 10.0 Å². The van der Waals surface area contributed by atoms with Gasteiger partial charge in [-0.2, -0.15) is 4.31 Å². The molecule has 0 radical (unpaired) electrons. The Morgan fingerprint density at radius 1 is 1.32 bits per heavy atom. The summed E-state index contributed by atoms with van der Waals surface area (Å²) in [6, 6.07) is -0.300. The first-order valence-electron chi connectivity index (χ1n) is 7.79. The summed E-state index contributed by atoms with van der Waals surface area (Å²) in [7, 11) is -0.377. The van der Waals surface area contributed by atoms with Crippen LogP contribution in [0.15, 0.2) is 17.6 Å². The van der Waals surface area contributed by atoms with Crippen LogP contribution in [0.1, 0.15) is 25.7 Å². The topological polar surface area (TPSA) is 78.7 Å². The monoisotopic (exact) mass is 328 g/mol. The van der Waals surface area contributed by atoms with Gasteiger partial charge in [-0.3, -0.25) is 4.90 Å². The molecule has 2 aliphatic rings. The summed E-state index contributed by atoms with van der Waals surface area (Å²) in [6.07, 6.45) is 6.18. The van der Waals surface area contributed by atoms with Gasteiger partial charge in [0.15, 0.2) is 5.03 Å². The highest BCUT2D eigenvalue weighted by Gasteiger charge is 2.44. The van der Waals surface area contributed by atoms with Crippen LogP contribution in [-0.4, -0.2) is 70.6 Å². The smallest absolute Gasteiger partial charge is 0.262 e. The number of aromatic nitrogens is 2. The van der Waals surface area contributed by atoms with E-state index in [-0.39, 0.29) is 17.1 Å². The zero-order valence-corrected chi connectivity index (χ0v) is 13.9. The molecule has 0 unspecified atom stereocenters. The van der Waals surface area contributed by atoms with Crippen LogP contribution in [-0.2, 0) is 17.1 Å². The van der Waals surface area contributed by atoms with Crippen LogP contribution in [0.5, 0.6) is 0 Å². The highest BCUT2D eigenvalue weighted by Crippen LogP contribution is 2.32. The van der Waals surface area contributed by atoms with E-state index < -0.39 is 16.1 Å². The van der Waals surface area contributed by atoms with Crippen LogP contribution < -0.4 is 0 Å². The lowest BCUT2D eigenvalue weighted by Gasteiger charge is -2.31. The number of aliphatic hydroxyl groups excluding tert-OH is 1. The lowest BCUT2D eigenvalue weighted by Crippen LogP contribution is -2.48. The van der Waals surface area contributed by atoms with Crippen LogP contribution in [0.3, 0.4) is 0 Å². The van der Waals surface area contributed by atoms with Gasteiger partial charge >= 0.3 is 0 Å². The van der Waals surface area contributed by atoms with E-state index in [2.05, 4.69) is 9.88 Å². The van der Waals surface area contributed by atoms with Gasteiger partial charge in [-0.1, -0.05) is 0 Å². The number of hydrogen-bond acceptors (Lipinski definition) is 5. The fourth-order valence-electron chi connectivity index (χ4n) is 3.66. The first-order chi connectivity index (χ1) is 10.4. The van der Waals surface area contributed by atoms with Crippen LogP contribution in [0.2, 0.25) is 0 Å². The average molecular weight is 328 g/mol. The summed E-state index contributed by atoms with van der Waals surface area (Å²) in [6.45, 7) is 2.01. The van der Waals surface area contributed by atoms with Crippen LogP contribution in [0.25, 0.3) is 0 Å². The van der Waals surface area contributed by atoms with Crippen molar-refractivity contribution in [1.29, 1.82) is 0 Å². The summed E-state index contributed by atoms with van der Waals surface area (Å²) in [5.41, 5.74) is 0. The summed E-state index contributed by atoms with van der Waals surface area (Å²) < 4.78 is 28.2. The maximum absolute atomic E-state index is 12.6. The second kappa shape index (κ2) is 5.92. The summed E-state index contributed by atoms with van der Waals surface area (Å²) >= 11 is 0. The molecule has 1 aliphatic carbocycles. The largest absolute Gasteiger partial charge is 0.390 e. The minimum Gasteiger partial charge on any atom is -0.390 e. The van der Waals surface area contributed by atoms with Gasteiger partial charge in [-0.15, -0.1) is 0 Å². The number of sulfonamides is 1. The molecule has 2 fully saturated rings. The molecule has 8 heteroatoms. The number of rotatable bonds is 4. The van der Waals surface area contributed by atoms with E-state index in [1.807, 2.05) is 0 Å². The molecule has 1 aliphatic heterocycles. The van der Waals surface area contributed by atoms with Gasteiger partial charge in [0, 0.05) is 26.3 Å². The highest BCUT2D eigenvalue weighted by molar-refractivity contribution is 7.89. The number of imidazole rings is 1. The summed E-state index contributed by atoms with van der Waals surface area (Å²) in [5, 5.41) is 10.7. The molecule has 1 saturated carbocycles. The van der Waals surface area contributed by atoms with Crippen molar-refractivity contribution in [2.75, 3.05) is 20.1 Å². The maximum atomic E-state index is 12.6. The fourth-order valence-corrected chi connectivity index (χ4v) is 5.02. The van der Waals surface area contributed by atoms with E-state index in [1.165, 1.54) is 16.8 Å². The van der Waals surface area contributed by atoms with Crippen molar-refractivity contribution in [3.05, 3.63) is 12.5 Å². The third kappa shape index (κ3) is 2.68. The number of hydrogen-bond donors (Lipinski definition) is 1. The van der Waals surface area contributed by atoms with Crippen LogP contribution in [0, 0.1) is 0 Å². The second-order valence-corrected chi connectivity index (χ2v) is 8.29. The third-order valence-electron chi connectivity index (χ3n) is 4.95. The second-order valence-electron chi connectivity index (χ2n) is 6.34. The van der Waals surface area contributed by atoms with Crippen molar-refractivity contribution < 1.29 is 13.5 Å². The molecule has 3 rings (SSSR count). The standard InChI is InChI=1S/C14H24N4O3S/c1-16-9-13(15-10-16)22(20,21)17(2)11-5-6-12(14(11)19)18-7-3-4-8-18/h9-12,14,19H,3-8H2,1-2H3/t11-,12-,14-/m1/s1. The van der Waals surface area contributed by atoms with Crippen molar-refractivity contribution in [2.45, 2.75) is 48.9 Å². The van der Waals surface area contributed by atoms with Crippen LogP contribution in [0.4, 0.5) is 0 Å². The number of aryl methyl sites for hydroxylation is 1. The predicted molar refractivity (Wildman–Crippen MR) is 81.8 cm³/mol. The van der Waals surface area contributed by atoms with Crippen LogP contribution >= 0.6 is 0 Å². The van der Waals surface area contributed by atoms with Gasteiger partial charge in [0.1, 0.15) is 0 Å². The van der Waals surface area contributed by atoms with Crippen molar-refractivity contribution in [1.82, 2.24) is 18.8 Å². The first-order valence-corrected chi connectivity index (χ1v) is 9.23. The molecule has 7 nitrogen and oxygen atoms in total. The van der Waals surface area contributed by atoms with Crippen molar-refractivity contribution in [2.24, 2.45) is 7.05 Å². The minimum absolute atomic E-state index is 0.0364. The lowest BCUT2D eigenvalue weighted by atomic mass is 10.1. The quantitative estimate of drug-likeness (QED) is 0.843. The maximum Gasteiger partial charge on any atom is 0.262 e. The van der Waals surface area contributed by atoms with E-state index in [0.29, 0.717) is 6.42 Å². The number of aliphatic hydroxyl groups is 1. The van der Waals surface area contributed by atoms with Gasteiger partial charge in [-0.25, -0.2) is 13.4 Å². The Morgan fingerprint density at radius 2 is 2.00 bits per heavy atom. The summed E-state index contributed by atoms with van der Waals surface area (Å²) in [4.78, 5) is 6.24. The Morgan fingerprint density at radius 3 is 2.59 bits per heavy atom. The Kier molecular flexibility index (Phi) is 4.28. The number of likely N-dealkylation sites (tertiary alicyclic amines) is 1. The molecular formula is C14H24N4O3S. The number of nitrogens with zero attached hydrogens (tertiary/aromatic N) is 4. The predicted octanol–water partition coefficient (Wildman–Crippen LogP) is 0.0283. The Labute approximate surface area is 131 Å². The van der Waals surface area contributed by atoms with Gasteiger partial charge in [0.05, 0.1) is 18.5 Å². The molecule has 1 N–H and O–H groups in total. The minimum atomic E-state index is -3.66. The lowest BCUT2D eigenvalue weighted by molar-refractivity contribution is 0.0535. The van der Waals surface area contributed by atoms with E-state index in [4.69, 9.17) is 0 Å². The molecule has 0 aromatic carbocycles. The molecule has 0 bridgehead atoms. The van der Waals surface area contributed by atoms with Crippen molar-refractivity contribution in [3.63, 3.8) is 0 Å². The normalized spacial score (nSPS) is 30.5. The first kappa shape index (κ1) is 15.9. The van der Waals surface area contributed by atoms with Crippen molar-refractivity contribution in [3.8, 4) is 0 Å². The molecule has 2 heterocycles. The fraction of sp³-hybridized carbons (Fsp3) is 0.786. The van der Waals surface area contributed by atoms with Gasteiger partial charge < -0.3 is 9.67 Å². The molecule has 1 aromatic heterocycles. The molecule has 0 amide bonds. The average Bonchev–Trinajstić information content (AvgIpc) is 3.18. The zero-order chi connectivity index (χ0) is 15.9. The van der Waals surface area contributed by atoms with Gasteiger partial charge in [-0.05, 0) is 38.8 Å². The van der Waals surface area contributed by atoms with E-state index in [0.717, 1.165) is 32.4 Å². The summed E-state index contributed by atoms with van der Waals surface area (Å²) in [5.74, 6) is 0. The third-order valence-corrected chi connectivity index (χ3v) is 6.72. The molecule has 1 saturated heterocycles. The Hall–Kier alpha value is -0.960. The number of likely N-dealkylation sites (N-methyl/N-ethyl adjacent to an activating group) is 1. The van der Waals surface area contributed by atoms with E-state index in [1.54, 1.807) is 18.7 Å². The molecule has 3 atom stereocenters.